The SMILES string of the molecule is CC1C=C(N)C=CC1n1c2c(c3ncnc(N)c31)COC2. The van der Waals surface area contributed by atoms with Crippen molar-refractivity contribution in [2.45, 2.75) is 26.2 Å². The molecule has 6 nitrogen and oxygen atoms in total. The quantitative estimate of drug-likeness (QED) is 0.830. The summed E-state index contributed by atoms with van der Waals surface area (Å²) in [5.41, 5.74) is 16.9. The molecule has 1 aliphatic carbocycles. The first kappa shape index (κ1) is 12.4. The highest BCUT2D eigenvalue weighted by Gasteiger charge is 2.30. The smallest absolute Gasteiger partial charge is 0.151 e. The third-order valence-electron chi connectivity index (χ3n) is 4.28. The number of nitrogens with zero attached hydrogens (tertiary/aromatic N) is 3. The van der Waals surface area contributed by atoms with Gasteiger partial charge in [-0.15, -0.1) is 0 Å². The summed E-state index contributed by atoms with van der Waals surface area (Å²) in [5.74, 6) is 0.785. The molecule has 2 aliphatic rings. The Labute approximate surface area is 122 Å². The minimum absolute atomic E-state index is 0.151. The van der Waals surface area contributed by atoms with Crippen LogP contribution in [0.3, 0.4) is 0 Å². The van der Waals surface area contributed by atoms with E-state index in [9.17, 15) is 0 Å². The van der Waals surface area contributed by atoms with E-state index in [4.69, 9.17) is 16.2 Å². The van der Waals surface area contributed by atoms with Crippen LogP contribution in [0, 0.1) is 5.92 Å². The fourth-order valence-electron chi connectivity index (χ4n) is 3.32. The van der Waals surface area contributed by atoms with Crippen LogP contribution < -0.4 is 11.5 Å². The van der Waals surface area contributed by atoms with Gasteiger partial charge in [0, 0.05) is 17.2 Å². The Kier molecular flexibility index (Phi) is 2.56. The predicted octanol–water partition coefficient (Wildman–Crippen LogP) is 1.63. The number of aromatic nitrogens is 3. The molecular formula is C15H17N5O. The van der Waals surface area contributed by atoms with Gasteiger partial charge in [-0.1, -0.05) is 19.1 Å². The summed E-state index contributed by atoms with van der Waals surface area (Å²) >= 11 is 0. The van der Waals surface area contributed by atoms with Gasteiger partial charge in [-0.2, -0.15) is 0 Å². The lowest BCUT2D eigenvalue weighted by Gasteiger charge is -2.26. The van der Waals surface area contributed by atoms with Gasteiger partial charge < -0.3 is 20.8 Å². The minimum Gasteiger partial charge on any atom is -0.399 e. The Morgan fingerprint density at radius 1 is 1.29 bits per heavy atom. The molecule has 0 fully saturated rings. The predicted molar refractivity (Wildman–Crippen MR) is 80.0 cm³/mol. The molecule has 2 aromatic rings. The second-order valence-corrected chi connectivity index (χ2v) is 5.62. The van der Waals surface area contributed by atoms with E-state index in [1.54, 1.807) is 0 Å². The molecule has 0 amide bonds. The van der Waals surface area contributed by atoms with E-state index < -0.39 is 0 Å². The Morgan fingerprint density at radius 3 is 2.95 bits per heavy atom. The van der Waals surface area contributed by atoms with Gasteiger partial charge >= 0.3 is 0 Å². The lowest BCUT2D eigenvalue weighted by Crippen LogP contribution is -2.20. The molecule has 3 heterocycles. The summed E-state index contributed by atoms with van der Waals surface area (Å²) < 4.78 is 7.82. The maximum Gasteiger partial charge on any atom is 0.151 e. The molecule has 0 saturated heterocycles. The average Bonchev–Trinajstić information content (AvgIpc) is 3.01. The Bertz CT molecular complexity index is 789. The zero-order valence-corrected chi connectivity index (χ0v) is 11.8. The van der Waals surface area contributed by atoms with Gasteiger partial charge in [0.2, 0.25) is 0 Å². The highest BCUT2D eigenvalue weighted by molar-refractivity contribution is 5.89. The normalized spacial score (nSPS) is 24.3. The number of fused-ring (bicyclic) bond motifs is 3. The zero-order valence-electron chi connectivity index (χ0n) is 11.8. The highest BCUT2D eigenvalue weighted by atomic mass is 16.5. The van der Waals surface area contributed by atoms with Gasteiger partial charge in [0.1, 0.15) is 11.8 Å². The van der Waals surface area contributed by atoms with E-state index >= 15 is 0 Å². The lowest BCUT2D eigenvalue weighted by atomic mass is 9.95. The average molecular weight is 283 g/mol. The first-order valence-electron chi connectivity index (χ1n) is 7.02. The Balaban J connectivity index is 1.99. The van der Waals surface area contributed by atoms with Gasteiger partial charge in [0.25, 0.3) is 0 Å². The molecule has 4 N–H and O–H groups in total. The number of rotatable bonds is 1. The molecule has 0 bridgehead atoms. The standard InChI is InChI=1S/C15H17N5O/c1-8-4-9(16)2-3-11(8)20-12-6-21-5-10(12)13-14(20)15(17)19-7-18-13/h2-4,7-8,11H,5-6,16H2,1H3,(H2,17,18,19). The van der Waals surface area contributed by atoms with E-state index in [0.29, 0.717) is 19.0 Å². The van der Waals surface area contributed by atoms with Crippen molar-refractivity contribution in [2.24, 2.45) is 11.7 Å². The van der Waals surface area contributed by atoms with E-state index in [-0.39, 0.29) is 12.0 Å². The van der Waals surface area contributed by atoms with Gasteiger partial charge in [-0.3, -0.25) is 0 Å². The maximum absolute atomic E-state index is 6.12. The number of anilines is 1. The van der Waals surface area contributed by atoms with Gasteiger partial charge in [0.15, 0.2) is 5.82 Å². The first-order chi connectivity index (χ1) is 10.2. The zero-order chi connectivity index (χ0) is 14.6. The molecule has 2 atom stereocenters. The summed E-state index contributed by atoms with van der Waals surface area (Å²) in [6.07, 6.45) is 7.64. The topological polar surface area (TPSA) is 92.0 Å². The van der Waals surface area contributed by atoms with Crippen molar-refractivity contribution >= 4 is 16.9 Å². The summed E-state index contributed by atoms with van der Waals surface area (Å²) in [6.45, 7) is 3.31. The summed E-state index contributed by atoms with van der Waals surface area (Å²) in [6, 6.07) is 0.151. The Morgan fingerprint density at radius 2 is 2.14 bits per heavy atom. The third-order valence-corrected chi connectivity index (χ3v) is 4.28. The molecule has 4 rings (SSSR count). The molecule has 21 heavy (non-hydrogen) atoms. The molecule has 0 saturated carbocycles. The molecule has 0 spiro atoms. The fourth-order valence-corrected chi connectivity index (χ4v) is 3.32. The van der Waals surface area contributed by atoms with Crippen LogP contribution >= 0.6 is 0 Å². The summed E-state index contributed by atoms with van der Waals surface area (Å²) in [4.78, 5) is 8.57. The summed E-state index contributed by atoms with van der Waals surface area (Å²) in [7, 11) is 0. The molecule has 2 aromatic heterocycles. The van der Waals surface area contributed by atoms with Crippen molar-refractivity contribution in [1.29, 1.82) is 0 Å². The number of hydrogen-bond donors (Lipinski definition) is 2. The second kappa shape index (κ2) is 4.33. The lowest BCUT2D eigenvalue weighted by molar-refractivity contribution is 0.130. The maximum atomic E-state index is 6.12. The number of allylic oxidation sites excluding steroid dienone is 3. The van der Waals surface area contributed by atoms with E-state index in [2.05, 4.69) is 33.6 Å². The fraction of sp³-hybridized carbons (Fsp3) is 0.333. The summed E-state index contributed by atoms with van der Waals surface area (Å²) in [5, 5.41) is 0. The van der Waals surface area contributed by atoms with Crippen molar-refractivity contribution < 1.29 is 4.74 Å². The van der Waals surface area contributed by atoms with E-state index in [0.717, 1.165) is 28.0 Å². The number of nitrogens with two attached hydrogens (primary N) is 2. The van der Waals surface area contributed by atoms with Crippen molar-refractivity contribution in [3.05, 3.63) is 41.5 Å². The molecule has 0 aromatic carbocycles. The Hall–Kier alpha value is -2.34. The van der Waals surface area contributed by atoms with Crippen molar-refractivity contribution in [1.82, 2.24) is 14.5 Å². The molecule has 2 unspecified atom stereocenters. The monoisotopic (exact) mass is 283 g/mol. The highest BCUT2D eigenvalue weighted by Crippen LogP contribution is 2.38. The van der Waals surface area contributed by atoms with Crippen molar-refractivity contribution in [3.8, 4) is 0 Å². The minimum atomic E-state index is 0.151. The molecule has 0 radical (unpaired) electrons. The molecule has 6 heteroatoms. The van der Waals surface area contributed by atoms with Crippen LogP contribution in [-0.2, 0) is 18.0 Å². The number of hydrogen-bond acceptors (Lipinski definition) is 5. The third kappa shape index (κ3) is 1.69. The van der Waals surface area contributed by atoms with Crippen LogP contribution in [0.1, 0.15) is 24.2 Å². The van der Waals surface area contributed by atoms with Gasteiger partial charge in [-0.25, -0.2) is 9.97 Å². The van der Waals surface area contributed by atoms with Crippen LogP contribution in [0.5, 0.6) is 0 Å². The van der Waals surface area contributed by atoms with Gasteiger partial charge in [0.05, 0.1) is 30.5 Å². The van der Waals surface area contributed by atoms with Crippen LogP contribution in [0.25, 0.3) is 11.0 Å². The van der Waals surface area contributed by atoms with Crippen LogP contribution in [0.15, 0.2) is 30.3 Å². The largest absolute Gasteiger partial charge is 0.399 e. The first-order valence-corrected chi connectivity index (χ1v) is 7.02. The van der Waals surface area contributed by atoms with E-state index in [1.807, 2.05) is 6.08 Å². The van der Waals surface area contributed by atoms with Crippen molar-refractivity contribution in [3.63, 3.8) is 0 Å². The van der Waals surface area contributed by atoms with Gasteiger partial charge in [-0.05, 0) is 6.08 Å². The van der Waals surface area contributed by atoms with Crippen molar-refractivity contribution in [2.75, 3.05) is 5.73 Å². The van der Waals surface area contributed by atoms with Crippen LogP contribution in [0.2, 0.25) is 0 Å². The molecule has 1 aliphatic heterocycles. The number of ether oxygens (including phenoxy) is 1. The molecular weight excluding hydrogens is 266 g/mol. The number of nitrogen functional groups attached to an aromatic ring is 1. The molecule has 108 valence electrons. The van der Waals surface area contributed by atoms with Crippen LogP contribution in [0.4, 0.5) is 5.82 Å². The van der Waals surface area contributed by atoms with E-state index in [1.165, 1.54) is 6.33 Å². The van der Waals surface area contributed by atoms with Crippen LogP contribution in [-0.4, -0.2) is 14.5 Å². The second-order valence-electron chi connectivity index (χ2n) is 5.62.